The number of hydrogen-bond acceptors (Lipinski definition) is 4. The van der Waals surface area contributed by atoms with Gasteiger partial charge in [0.05, 0.1) is 0 Å². The van der Waals surface area contributed by atoms with E-state index >= 15 is 0 Å². The Morgan fingerprint density at radius 1 is 0.667 bits per heavy atom. The summed E-state index contributed by atoms with van der Waals surface area (Å²) >= 11 is 0. The maximum absolute atomic E-state index is 8.74. The molecule has 0 fully saturated rings. The van der Waals surface area contributed by atoms with Gasteiger partial charge in [-0.2, -0.15) is 16.8 Å². The third kappa shape index (κ3) is 677. The van der Waals surface area contributed by atoms with Crippen LogP contribution in [0.5, 0.6) is 0 Å². The fourth-order valence-electron chi connectivity index (χ4n) is 0. The van der Waals surface area contributed by atoms with E-state index in [1.807, 2.05) is 0 Å². The van der Waals surface area contributed by atoms with Crippen molar-refractivity contribution in [3.8, 4) is 0 Å². The van der Waals surface area contributed by atoms with Crippen molar-refractivity contribution in [1.29, 1.82) is 0 Å². The molecule has 0 rings (SSSR count). The van der Waals surface area contributed by atoms with Gasteiger partial charge in [0, 0.05) is 0 Å². The standard InChI is InChI=1S/Li.Na.2H2O4S.2H/c;;2*1-5(2,3)4;;/h;;2*(H2,1,2,3,4);;. The van der Waals surface area contributed by atoms with E-state index in [9.17, 15) is 0 Å². The fraction of sp³-hybridized carbons (Fsp3) is 0. The average molecular weight is 228 g/mol. The van der Waals surface area contributed by atoms with Crippen molar-refractivity contribution in [3.05, 3.63) is 0 Å². The van der Waals surface area contributed by atoms with Gasteiger partial charge in [-0.05, 0) is 0 Å². The predicted octanol–water partition coefficient (Wildman–Crippen LogP) is -2.60. The molecule has 8 nitrogen and oxygen atoms in total. The maximum atomic E-state index is 8.74. The first-order valence-corrected chi connectivity index (χ1v) is 4.19. The third-order valence-corrected chi connectivity index (χ3v) is 0. The first kappa shape index (κ1) is 23.3. The van der Waals surface area contributed by atoms with Crippen LogP contribution in [0, 0.1) is 0 Å². The van der Waals surface area contributed by atoms with Gasteiger partial charge in [0.25, 0.3) is 0 Å². The first-order chi connectivity index (χ1) is 4.00. The molecule has 0 aromatic heterocycles. The van der Waals surface area contributed by atoms with Crippen LogP contribution in [-0.4, -0.2) is 83.5 Å². The molecule has 12 heteroatoms. The summed E-state index contributed by atoms with van der Waals surface area (Å²) < 4.78 is 63.2. The zero-order valence-electron chi connectivity index (χ0n) is 4.24. The molecule has 0 heterocycles. The zero-order valence-corrected chi connectivity index (χ0v) is 5.87. The molecule has 0 aliphatic carbocycles. The summed E-state index contributed by atoms with van der Waals surface area (Å²) in [6.07, 6.45) is 0. The molecule has 0 aromatic rings. The van der Waals surface area contributed by atoms with E-state index in [2.05, 4.69) is 0 Å². The molecule has 0 spiro atoms. The summed E-state index contributed by atoms with van der Waals surface area (Å²) in [5.41, 5.74) is 0. The normalized spacial score (nSPS) is 9.67. The fourth-order valence-corrected chi connectivity index (χ4v) is 0. The van der Waals surface area contributed by atoms with Gasteiger partial charge in [-0.1, -0.05) is 0 Å². The van der Waals surface area contributed by atoms with Crippen molar-refractivity contribution in [1.82, 2.24) is 0 Å². The molecule has 0 aliphatic rings. The second-order valence-electron chi connectivity index (χ2n) is 0.896. The average Bonchev–Trinajstić information content (AvgIpc) is 1.12. The monoisotopic (exact) mass is 228 g/mol. The summed E-state index contributed by atoms with van der Waals surface area (Å²) in [4.78, 5) is 0. The van der Waals surface area contributed by atoms with Crippen LogP contribution >= 0.6 is 0 Å². The van der Waals surface area contributed by atoms with E-state index in [4.69, 9.17) is 35.0 Å². The summed E-state index contributed by atoms with van der Waals surface area (Å²) in [6.45, 7) is 0. The van der Waals surface area contributed by atoms with E-state index in [1.165, 1.54) is 0 Å². The van der Waals surface area contributed by atoms with Crippen LogP contribution in [0.25, 0.3) is 0 Å². The Bertz CT molecular complexity index is 213. The van der Waals surface area contributed by atoms with Crippen LogP contribution in [-0.2, 0) is 20.8 Å². The molecular formula is H6LiNaO8S2. The van der Waals surface area contributed by atoms with Crippen molar-refractivity contribution in [2.45, 2.75) is 0 Å². The topological polar surface area (TPSA) is 149 Å². The van der Waals surface area contributed by atoms with Gasteiger partial charge in [0.1, 0.15) is 0 Å². The van der Waals surface area contributed by atoms with E-state index in [-0.39, 0.29) is 48.4 Å². The Morgan fingerprint density at radius 3 is 0.667 bits per heavy atom. The molecule has 4 N–H and O–H groups in total. The van der Waals surface area contributed by atoms with E-state index in [1.54, 1.807) is 0 Å². The molecule has 0 atom stereocenters. The Kier molecular flexibility index (Phi) is 17.3. The van der Waals surface area contributed by atoms with Crippen molar-refractivity contribution in [3.63, 3.8) is 0 Å². The number of hydrogen-bond donors (Lipinski definition) is 4. The molecule has 0 saturated heterocycles. The van der Waals surface area contributed by atoms with E-state index in [0.717, 1.165) is 0 Å². The second-order valence-corrected chi connectivity index (χ2v) is 2.69. The zero-order chi connectivity index (χ0) is 9.00. The summed E-state index contributed by atoms with van der Waals surface area (Å²) in [5, 5.41) is 0. The third-order valence-electron chi connectivity index (χ3n) is 0. The molecule has 12 heavy (non-hydrogen) atoms. The van der Waals surface area contributed by atoms with Crippen LogP contribution in [0.15, 0.2) is 0 Å². The van der Waals surface area contributed by atoms with Gasteiger partial charge < -0.3 is 0 Å². The molecule has 0 aliphatic heterocycles. The van der Waals surface area contributed by atoms with Crippen LogP contribution in [0.4, 0.5) is 0 Å². The molecule has 0 bridgehead atoms. The van der Waals surface area contributed by atoms with Crippen LogP contribution < -0.4 is 0 Å². The number of rotatable bonds is 0. The second kappa shape index (κ2) is 8.91. The molecule has 0 saturated carbocycles. The van der Waals surface area contributed by atoms with Gasteiger partial charge in [-0.15, -0.1) is 0 Å². The van der Waals surface area contributed by atoms with Crippen molar-refractivity contribution in [2.75, 3.05) is 0 Å². The van der Waals surface area contributed by atoms with Gasteiger partial charge in [-0.25, -0.2) is 0 Å². The van der Waals surface area contributed by atoms with Gasteiger partial charge in [-0.3, -0.25) is 18.2 Å². The van der Waals surface area contributed by atoms with Gasteiger partial charge in [0.2, 0.25) is 0 Å². The SMILES string of the molecule is O=S(=O)(O)O.O=S(=O)(O)O.[LiH].[NaH]. The van der Waals surface area contributed by atoms with Gasteiger partial charge >= 0.3 is 69.2 Å². The quantitative estimate of drug-likeness (QED) is 0.260. The van der Waals surface area contributed by atoms with Crippen LogP contribution in [0.1, 0.15) is 0 Å². The molecule has 0 amide bonds. The van der Waals surface area contributed by atoms with Crippen molar-refractivity contribution >= 4 is 69.2 Å². The Balaban J connectivity index is -0.0000000457. The van der Waals surface area contributed by atoms with Crippen molar-refractivity contribution < 1.29 is 35.0 Å². The van der Waals surface area contributed by atoms with Crippen molar-refractivity contribution in [2.24, 2.45) is 0 Å². The van der Waals surface area contributed by atoms with Crippen LogP contribution in [0.3, 0.4) is 0 Å². The summed E-state index contributed by atoms with van der Waals surface area (Å²) in [7, 11) is -9.33. The minimum absolute atomic E-state index is 0. The van der Waals surface area contributed by atoms with Gasteiger partial charge in [0.15, 0.2) is 0 Å². The summed E-state index contributed by atoms with van der Waals surface area (Å²) in [6, 6.07) is 0. The molecule has 0 aromatic carbocycles. The van der Waals surface area contributed by atoms with Crippen LogP contribution in [0.2, 0.25) is 0 Å². The molecule has 0 radical (unpaired) electrons. The summed E-state index contributed by atoms with van der Waals surface area (Å²) in [5.74, 6) is 0. The molecule has 0 unspecified atom stereocenters. The Hall–Kier alpha value is 1.34. The predicted molar refractivity (Wildman–Crippen MR) is 42.7 cm³/mol. The Labute approximate surface area is 103 Å². The molecular weight excluding hydrogens is 222 g/mol. The Morgan fingerprint density at radius 2 is 0.667 bits per heavy atom. The molecule has 68 valence electrons. The van der Waals surface area contributed by atoms with E-state index < -0.39 is 20.8 Å². The first-order valence-electron chi connectivity index (χ1n) is 1.40. The van der Waals surface area contributed by atoms with E-state index in [0.29, 0.717) is 0 Å². The minimum atomic E-state index is -4.67.